The number of nitrogens with one attached hydrogen (secondary N) is 1. The second-order valence-electron chi connectivity index (χ2n) is 8.97. The lowest BCUT2D eigenvalue weighted by molar-refractivity contribution is -0.139. The van der Waals surface area contributed by atoms with Gasteiger partial charge in [0.2, 0.25) is 0 Å². The number of nitrogens with two attached hydrogens (primary N) is 1. The number of anilines is 1. The number of halogens is 2. The lowest BCUT2D eigenvalue weighted by Gasteiger charge is -2.19. The zero-order chi connectivity index (χ0) is 29.7. The Balaban J connectivity index is 1.74. The maximum atomic E-state index is 14.3. The molecular weight excluding hydrogens is 538 g/mol. The molecule has 10 nitrogen and oxygen atoms in total. The Labute approximate surface area is 234 Å². The highest BCUT2D eigenvalue weighted by atomic mass is 19.1. The maximum absolute atomic E-state index is 14.3. The second kappa shape index (κ2) is 12.6. The predicted molar refractivity (Wildman–Crippen MR) is 147 cm³/mol. The van der Waals surface area contributed by atoms with Gasteiger partial charge in [0.05, 0.1) is 37.4 Å². The van der Waals surface area contributed by atoms with E-state index in [1.165, 1.54) is 26.6 Å². The van der Waals surface area contributed by atoms with Gasteiger partial charge in [0, 0.05) is 36.7 Å². The molecule has 0 aliphatic carbocycles. The first kappa shape index (κ1) is 29.2. The molecule has 214 valence electrons. The molecule has 3 aromatic carbocycles. The molecule has 4 rings (SSSR count). The normalized spacial score (nSPS) is 11.7. The Hall–Kier alpha value is -4.84. The highest BCUT2D eigenvalue weighted by Gasteiger charge is 2.27. The quantitative estimate of drug-likeness (QED) is 0.228. The third-order valence-corrected chi connectivity index (χ3v) is 6.34. The monoisotopic (exact) mass is 566 g/mol. The van der Waals surface area contributed by atoms with E-state index in [2.05, 4.69) is 15.3 Å². The summed E-state index contributed by atoms with van der Waals surface area (Å²) in [5.41, 5.74) is 7.52. The number of fused-ring (bicyclic) bond motifs is 1. The molecule has 0 saturated carbocycles. The molecule has 1 unspecified atom stereocenters. The maximum Gasteiger partial charge on any atom is 0.326 e. The fourth-order valence-corrected chi connectivity index (χ4v) is 4.47. The molecule has 0 saturated heterocycles. The molecule has 0 radical (unpaired) electrons. The van der Waals surface area contributed by atoms with Crippen LogP contribution in [0.5, 0.6) is 11.5 Å². The molecule has 1 atom stereocenters. The van der Waals surface area contributed by atoms with E-state index in [9.17, 15) is 23.5 Å². The van der Waals surface area contributed by atoms with E-state index in [1.807, 2.05) is 19.1 Å². The first-order valence-corrected chi connectivity index (χ1v) is 12.5. The van der Waals surface area contributed by atoms with Crippen molar-refractivity contribution in [2.45, 2.75) is 26.0 Å². The van der Waals surface area contributed by atoms with Gasteiger partial charge in [0.1, 0.15) is 34.7 Å². The van der Waals surface area contributed by atoms with Gasteiger partial charge in [-0.05, 0) is 42.3 Å². The SMILES string of the molecule is CCOCc1cc(OC)c(-c2ccc(CC(NC(=O)c3c(F)cc(N)cc3F)C(=O)O)c3nccnc23)c(OC)c1. The molecule has 41 heavy (non-hydrogen) atoms. The third kappa shape index (κ3) is 6.17. The van der Waals surface area contributed by atoms with Crippen molar-refractivity contribution in [2.24, 2.45) is 0 Å². The van der Waals surface area contributed by atoms with Crippen LogP contribution in [0.25, 0.3) is 22.2 Å². The van der Waals surface area contributed by atoms with Crippen LogP contribution >= 0.6 is 0 Å². The van der Waals surface area contributed by atoms with Gasteiger partial charge in [0.25, 0.3) is 5.91 Å². The van der Waals surface area contributed by atoms with Crippen LogP contribution in [0.3, 0.4) is 0 Å². The van der Waals surface area contributed by atoms with E-state index in [1.54, 1.807) is 12.1 Å². The molecule has 0 spiro atoms. The average molecular weight is 567 g/mol. The minimum absolute atomic E-state index is 0.214. The molecule has 0 aliphatic heterocycles. The van der Waals surface area contributed by atoms with Crippen LogP contribution in [0.2, 0.25) is 0 Å². The zero-order valence-corrected chi connectivity index (χ0v) is 22.5. The highest BCUT2D eigenvalue weighted by Crippen LogP contribution is 2.42. The topological polar surface area (TPSA) is 146 Å². The summed E-state index contributed by atoms with van der Waals surface area (Å²) in [6, 6.07) is 7.03. The van der Waals surface area contributed by atoms with Gasteiger partial charge in [-0.1, -0.05) is 12.1 Å². The van der Waals surface area contributed by atoms with Crippen molar-refractivity contribution in [1.29, 1.82) is 0 Å². The number of nitrogens with zero attached hydrogens (tertiary/aromatic N) is 2. The number of rotatable bonds is 11. The Morgan fingerprint density at radius 2 is 1.61 bits per heavy atom. The molecule has 1 amide bonds. The van der Waals surface area contributed by atoms with Gasteiger partial charge in [-0.3, -0.25) is 14.8 Å². The number of methoxy groups -OCH3 is 2. The number of aliphatic carboxylic acids is 1. The largest absolute Gasteiger partial charge is 0.496 e. The van der Waals surface area contributed by atoms with Crippen molar-refractivity contribution < 1.29 is 37.7 Å². The third-order valence-electron chi connectivity index (χ3n) is 6.34. The summed E-state index contributed by atoms with van der Waals surface area (Å²) in [5, 5.41) is 12.0. The van der Waals surface area contributed by atoms with Crippen molar-refractivity contribution in [3.05, 3.63) is 77.1 Å². The molecule has 12 heteroatoms. The first-order valence-electron chi connectivity index (χ1n) is 12.5. The predicted octanol–water partition coefficient (Wildman–Crippen LogP) is 4.14. The van der Waals surface area contributed by atoms with Crippen LogP contribution in [0.4, 0.5) is 14.5 Å². The van der Waals surface area contributed by atoms with Gasteiger partial charge in [0.15, 0.2) is 0 Å². The zero-order valence-electron chi connectivity index (χ0n) is 22.5. The number of carbonyl (C=O) groups excluding carboxylic acids is 1. The summed E-state index contributed by atoms with van der Waals surface area (Å²) in [7, 11) is 3.05. The minimum Gasteiger partial charge on any atom is -0.496 e. The number of carbonyl (C=O) groups is 2. The first-order chi connectivity index (χ1) is 19.7. The second-order valence-corrected chi connectivity index (χ2v) is 8.97. The minimum atomic E-state index is -1.54. The fraction of sp³-hybridized carbons (Fsp3) is 0.241. The molecule has 4 aromatic rings. The number of carboxylic acids is 1. The number of carboxylic acid groups (broad SMARTS) is 1. The molecule has 1 heterocycles. The standard InChI is InChI=1S/C29H28F2N4O6/c1-4-41-14-15-9-22(39-2)24(23(10-15)40-3)18-6-5-16(26-27(18)34-8-7-33-26)11-21(29(37)38)35-28(36)25-19(30)12-17(32)13-20(25)31/h5-10,12-13,21H,4,11,14,32H2,1-3H3,(H,35,36)(H,37,38). The summed E-state index contributed by atoms with van der Waals surface area (Å²) in [4.78, 5) is 33.7. The van der Waals surface area contributed by atoms with Gasteiger partial charge < -0.3 is 30.4 Å². The fourth-order valence-electron chi connectivity index (χ4n) is 4.47. The van der Waals surface area contributed by atoms with Crippen LogP contribution in [0, 0.1) is 11.6 Å². The van der Waals surface area contributed by atoms with E-state index in [0.717, 1.165) is 17.7 Å². The summed E-state index contributed by atoms with van der Waals surface area (Å²) in [6.07, 6.45) is 2.68. The molecular formula is C29H28F2N4O6. The summed E-state index contributed by atoms with van der Waals surface area (Å²) < 4.78 is 45.4. The summed E-state index contributed by atoms with van der Waals surface area (Å²) in [6.45, 7) is 2.79. The number of ether oxygens (including phenoxy) is 3. The van der Waals surface area contributed by atoms with E-state index in [0.29, 0.717) is 52.4 Å². The number of hydrogen-bond donors (Lipinski definition) is 3. The number of benzene rings is 3. The Kier molecular flexibility index (Phi) is 8.93. The van der Waals surface area contributed by atoms with Crippen LogP contribution in [0.15, 0.2) is 48.8 Å². The number of nitrogen functional groups attached to an aromatic ring is 1. The van der Waals surface area contributed by atoms with Crippen molar-refractivity contribution in [1.82, 2.24) is 15.3 Å². The van der Waals surface area contributed by atoms with E-state index in [4.69, 9.17) is 19.9 Å². The molecule has 4 N–H and O–H groups in total. The lowest BCUT2D eigenvalue weighted by atomic mass is 9.95. The van der Waals surface area contributed by atoms with Crippen LogP contribution in [-0.4, -0.2) is 53.8 Å². The highest BCUT2D eigenvalue weighted by molar-refractivity contribution is 5.99. The molecule has 0 bridgehead atoms. The van der Waals surface area contributed by atoms with Crippen LogP contribution in [0.1, 0.15) is 28.4 Å². The van der Waals surface area contributed by atoms with Crippen molar-refractivity contribution >= 4 is 28.6 Å². The molecule has 1 aromatic heterocycles. The van der Waals surface area contributed by atoms with Crippen LogP contribution in [-0.2, 0) is 22.6 Å². The van der Waals surface area contributed by atoms with E-state index < -0.39 is 35.1 Å². The average Bonchev–Trinajstić information content (AvgIpc) is 2.94. The Bertz CT molecular complexity index is 1570. The van der Waals surface area contributed by atoms with E-state index in [-0.39, 0.29) is 12.1 Å². The van der Waals surface area contributed by atoms with Gasteiger partial charge in [-0.15, -0.1) is 0 Å². The van der Waals surface area contributed by atoms with Gasteiger partial charge in [-0.25, -0.2) is 13.6 Å². The van der Waals surface area contributed by atoms with Gasteiger partial charge >= 0.3 is 5.97 Å². The summed E-state index contributed by atoms with van der Waals surface area (Å²) >= 11 is 0. The molecule has 0 aliphatic rings. The van der Waals surface area contributed by atoms with Crippen molar-refractivity contribution in [3.8, 4) is 22.6 Å². The number of hydrogen-bond acceptors (Lipinski definition) is 8. The van der Waals surface area contributed by atoms with E-state index >= 15 is 0 Å². The Morgan fingerprint density at radius 3 is 2.17 bits per heavy atom. The van der Waals surface area contributed by atoms with Gasteiger partial charge in [-0.2, -0.15) is 0 Å². The Morgan fingerprint density at radius 1 is 1.00 bits per heavy atom. The summed E-state index contributed by atoms with van der Waals surface area (Å²) in [5.74, 6) is -4.06. The number of amides is 1. The molecule has 0 fully saturated rings. The smallest absolute Gasteiger partial charge is 0.326 e. The van der Waals surface area contributed by atoms with Crippen LogP contribution < -0.4 is 20.5 Å². The van der Waals surface area contributed by atoms with Crippen molar-refractivity contribution in [3.63, 3.8) is 0 Å². The van der Waals surface area contributed by atoms with Crippen molar-refractivity contribution in [2.75, 3.05) is 26.6 Å². The number of aromatic nitrogens is 2. The lowest BCUT2D eigenvalue weighted by Crippen LogP contribution is -2.43.